The Morgan fingerprint density at radius 3 is 2.78 bits per heavy atom. The van der Waals surface area contributed by atoms with E-state index in [1.54, 1.807) is 0 Å². The van der Waals surface area contributed by atoms with E-state index in [1.165, 1.54) is 12.8 Å². The average molecular weight is 255 g/mol. The number of carbonyl (C=O) groups excluding carboxylic acids is 1. The van der Waals surface area contributed by atoms with Gasteiger partial charge in [0.1, 0.15) is 0 Å². The van der Waals surface area contributed by atoms with Crippen LogP contribution < -0.4 is 16.4 Å². The van der Waals surface area contributed by atoms with Crippen LogP contribution in [0.3, 0.4) is 0 Å². The molecule has 1 fully saturated rings. The highest BCUT2D eigenvalue weighted by Crippen LogP contribution is 2.17. The SMILES string of the molecule is CCCCC(CN)NC(=O)CCC1CCNCC1. The van der Waals surface area contributed by atoms with Gasteiger partial charge in [0, 0.05) is 19.0 Å². The molecular formula is C14H29N3O. The van der Waals surface area contributed by atoms with Gasteiger partial charge in [0.2, 0.25) is 5.91 Å². The van der Waals surface area contributed by atoms with Crippen molar-refractivity contribution in [1.29, 1.82) is 0 Å². The Labute approximate surface area is 111 Å². The Bertz CT molecular complexity index is 227. The van der Waals surface area contributed by atoms with Gasteiger partial charge in [-0.05, 0) is 44.7 Å². The monoisotopic (exact) mass is 255 g/mol. The number of hydrogen-bond donors (Lipinski definition) is 3. The van der Waals surface area contributed by atoms with Crippen molar-refractivity contribution >= 4 is 5.91 Å². The average Bonchev–Trinajstić information content (AvgIpc) is 2.42. The van der Waals surface area contributed by atoms with Gasteiger partial charge in [-0.25, -0.2) is 0 Å². The summed E-state index contributed by atoms with van der Waals surface area (Å²) in [6, 6.07) is 0.172. The lowest BCUT2D eigenvalue weighted by atomic mass is 9.93. The number of hydrogen-bond acceptors (Lipinski definition) is 3. The molecule has 1 saturated heterocycles. The van der Waals surface area contributed by atoms with Crippen molar-refractivity contribution < 1.29 is 4.79 Å². The second-order valence-electron chi connectivity index (χ2n) is 5.37. The van der Waals surface area contributed by atoms with Crippen LogP contribution in [0.25, 0.3) is 0 Å². The van der Waals surface area contributed by atoms with E-state index in [0.29, 0.717) is 13.0 Å². The third-order valence-corrected chi connectivity index (χ3v) is 3.79. The lowest BCUT2D eigenvalue weighted by Crippen LogP contribution is -2.40. The molecule has 1 amide bonds. The van der Waals surface area contributed by atoms with Crippen LogP contribution in [0.2, 0.25) is 0 Å². The molecule has 1 atom stereocenters. The van der Waals surface area contributed by atoms with Gasteiger partial charge in [0.15, 0.2) is 0 Å². The van der Waals surface area contributed by atoms with Gasteiger partial charge in [-0.3, -0.25) is 4.79 Å². The van der Waals surface area contributed by atoms with Crippen molar-refractivity contribution in [2.24, 2.45) is 11.7 Å². The van der Waals surface area contributed by atoms with Crippen molar-refractivity contribution in [2.75, 3.05) is 19.6 Å². The minimum atomic E-state index is 0.172. The van der Waals surface area contributed by atoms with Crippen LogP contribution in [-0.4, -0.2) is 31.6 Å². The lowest BCUT2D eigenvalue weighted by molar-refractivity contribution is -0.122. The van der Waals surface area contributed by atoms with Crippen molar-refractivity contribution in [3.63, 3.8) is 0 Å². The summed E-state index contributed by atoms with van der Waals surface area (Å²) >= 11 is 0. The molecule has 0 aromatic heterocycles. The highest BCUT2D eigenvalue weighted by atomic mass is 16.1. The van der Waals surface area contributed by atoms with Crippen molar-refractivity contribution in [3.8, 4) is 0 Å². The third kappa shape index (κ3) is 6.36. The van der Waals surface area contributed by atoms with Crippen molar-refractivity contribution in [1.82, 2.24) is 10.6 Å². The Hall–Kier alpha value is -0.610. The fourth-order valence-corrected chi connectivity index (χ4v) is 2.50. The molecule has 0 aromatic carbocycles. The van der Waals surface area contributed by atoms with E-state index in [9.17, 15) is 4.79 Å². The summed E-state index contributed by atoms with van der Waals surface area (Å²) in [5.41, 5.74) is 5.68. The highest BCUT2D eigenvalue weighted by Gasteiger charge is 2.15. The van der Waals surface area contributed by atoms with Gasteiger partial charge in [-0.1, -0.05) is 19.8 Å². The number of amides is 1. The van der Waals surface area contributed by atoms with Gasteiger partial charge >= 0.3 is 0 Å². The van der Waals surface area contributed by atoms with Crippen LogP contribution in [0.15, 0.2) is 0 Å². The summed E-state index contributed by atoms with van der Waals surface area (Å²) in [6.45, 7) is 4.92. The Kier molecular flexibility index (Phi) is 8.01. The smallest absolute Gasteiger partial charge is 0.220 e. The molecule has 0 aromatic rings. The molecular weight excluding hydrogens is 226 g/mol. The van der Waals surface area contributed by atoms with E-state index in [1.807, 2.05) is 0 Å². The van der Waals surface area contributed by atoms with E-state index in [-0.39, 0.29) is 11.9 Å². The topological polar surface area (TPSA) is 67.1 Å². The number of nitrogens with two attached hydrogens (primary N) is 1. The van der Waals surface area contributed by atoms with E-state index < -0.39 is 0 Å². The van der Waals surface area contributed by atoms with E-state index in [2.05, 4.69) is 17.6 Å². The first-order valence-corrected chi connectivity index (χ1v) is 7.46. The van der Waals surface area contributed by atoms with Crippen LogP contribution in [0.4, 0.5) is 0 Å². The van der Waals surface area contributed by atoms with Gasteiger partial charge < -0.3 is 16.4 Å². The first-order chi connectivity index (χ1) is 8.76. The molecule has 0 aliphatic carbocycles. The van der Waals surface area contributed by atoms with Crippen molar-refractivity contribution in [2.45, 2.75) is 57.9 Å². The van der Waals surface area contributed by atoms with Crippen LogP contribution in [0.1, 0.15) is 51.9 Å². The molecule has 0 saturated carbocycles. The third-order valence-electron chi connectivity index (χ3n) is 3.79. The largest absolute Gasteiger partial charge is 0.352 e. The number of unbranched alkanes of at least 4 members (excludes halogenated alkanes) is 1. The molecule has 1 aliphatic rings. The molecule has 0 radical (unpaired) electrons. The number of carbonyl (C=O) groups is 1. The normalized spacial score (nSPS) is 18.6. The van der Waals surface area contributed by atoms with Crippen LogP contribution >= 0.6 is 0 Å². The van der Waals surface area contributed by atoms with Gasteiger partial charge in [-0.2, -0.15) is 0 Å². The molecule has 1 heterocycles. The molecule has 1 aliphatic heterocycles. The van der Waals surface area contributed by atoms with Crippen molar-refractivity contribution in [3.05, 3.63) is 0 Å². The molecule has 106 valence electrons. The Morgan fingerprint density at radius 2 is 2.17 bits per heavy atom. The van der Waals surface area contributed by atoms with Gasteiger partial charge in [0.25, 0.3) is 0 Å². The summed E-state index contributed by atoms with van der Waals surface area (Å²) in [4.78, 5) is 11.8. The van der Waals surface area contributed by atoms with E-state index >= 15 is 0 Å². The molecule has 1 unspecified atom stereocenters. The summed E-state index contributed by atoms with van der Waals surface area (Å²) in [6.07, 6.45) is 7.41. The zero-order valence-electron chi connectivity index (χ0n) is 11.7. The van der Waals surface area contributed by atoms with Gasteiger partial charge in [-0.15, -0.1) is 0 Å². The fraction of sp³-hybridized carbons (Fsp3) is 0.929. The fourth-order valence-electron chi connectivity index (χ4n) is 2.50. The van der Waals surface area contributed by atoms with E-state index in [4.69, 9.17) is 5.73 Å². The second-order valence-corrected chi connectivity index (χ2v) is 5.37. The molecule has 4 nitrogen and oxygen atoms in total. The lowest BCUT2D eigenvalue weighted by Gasteiger charge is -2.23. The maximum atomic E-state index is 11.8. The summed E-state index contributed by atoms with van der Waals surface area (Å²) in [7, 11) is 0. The Balaban J connectivity index is 2.14. The molecule has 0 bridgehead atoms. The molecule has 1 rings (SSSR count). The number of piperidine rings is 1. The second kappa shape index (κ2) is 9.34. The minimum Gasteiger partial charge on any atom is -0.352 e. The summed E-state index contributed by atoms with van der Waals surface area (Å²) in [5.74, 6) is 0.907. The van der Waals surface area contributed by atoms with Gasteiger partial charge in [0.05, 0.1) is 0 Å². The molecule has 4 N–H and O–H groups in total. The number of nitrogens with one attached hydrogen (secondary N) is 2. The van der Waals surface area contributed by atoms with Crippen LogP contribution in [-0.2, 0) is 4.79 Å². The Morgan fingerprint density at radius 1 is 1.44 bits per heavy atom. The quantitative estimate of drug-likeness (QED) is 0.614. The molecule has 18 heavy (non-hydrogen) atoms. The predicted molar refractivity (Wildman–Crippen MR) is 75.3 cm³/mol. The van der Waals surface area contributed by atoms with Crippen LogP contribution in [0.5, 0.6) is 0 Å². The van der Waals surface area contributed by atoms with E-state index in [0.717, 1.165) is 44.7 Å². The molecule has 0 spiro atoms. The number of rotatable bonds is 8. The first-order valence-electron chi connectivity index (χ1n) is 7.46. The minimum absolute atomic E-state index is 0.172. The maximum Gasteiger partial charge on any atom is 0.220 e. The predicted octanol–water partition coefficient (Wildman–Crippen LogP) is 1.40. The summed E-state index contributed by atoms with van der Waals surface area (Å²) in [5, 5.41) is 6.41. The first kappa shape index (κ1) is 15.4. The zero-order chi connectivity index (χ0) is 13.2. The zero-order valence-corrected chi connectivity index (χ0v) is 11.7. The standard InChI is InChI=1S/C14H29N3O/c1-2-3-4-13(11-15)17-14(18)6-5-12-7-9-16-10-8-12/h12-13,16H,2-11,15H2,1H3,(H,17,18). The maximum absolute atomic E-state index is 11.8. The highest BCUT2D eigenvalue weighted by molar-refractivity contribution is 5.76. The molecule has 4 heteroatoms. The summed E-state index contributed by atoms with van der Waals surface area (Å²) < 4.78 is 0. The van der Waals surface area contributed by atoms with Crippen LogP contribution in [0, 0.1) is 5.92 Å².